The molecule has 0 heterocycles. The number of carbonyl (C=O) groups is 2. The van der Waals surface area contributed by atoms with Gasteiger partial charge in [0.25, 0.3) is 11.6 Å². The summed E-state index contributed by atoms with van der Waals surface area (Å²) in [6, 6.07) is 2.35. The minimum Gasteiger partial charge on any atom is -0.480 e. The maximum Gasteiger partial charge on any atom is 0.326 e. The summed E-state index contributed by atoms with van der Waals surface area (Å²) < 4.78 is 0. The molecule has 7 nitrogen and oxygen atoms in total. The molecule has 0 radical (unpaired) electrons. The number of carboxylic acids is 1. The lowest BCUT2D eigenvalue weighted by Crippen LogP contribution is -2.41. The van der Waals surface area contributed by atoms with Gasteiger partial charge in [-0.3, -0.25) is 14.9 Å². The largest absolute Gasteiger partial charge is 0.480 e. The quantitative estimate of drug-likeness (QED) is 0.619. The second-order valence-electron chi connectivity index (χ2n) is 4.92. The zero-order chi connectivity index (χ0) is 16.2. The first-order chi connectivity index (χ1) is 9.72. The molecule has 114 valence electrons. The third kappa shape index (κ3) is 4.71. The number of rotatable bonds is 6. The van der Waals surface area contributed by atoms with Gasteiger partial charge in [0.05, 0.1) is 15.5 Å². The number of carboxylic acid groups (broad SMARTS) is 1. The molecule has 1 amide bonds. The van der Waals surface area contributed by atoms with Crippen molar-refractivity contribution in [2.24, 2.45) is 5.92 Å². The molecular formula is C13H15ClN2O5. The van der Waals surface area contributed by atoms with E-state index in [0.717, 1.165) is 12.1 Å². The first kappa shape index (κ1) is 16.9. The van der Waals surface area contributed by atoms with Gasteiger partial charge in [0.15, 0.2) is 0 Å². The molecule has 0 spiro atoms. The van der Waals surface area contributed by atoms with Gasteiger partial charge in [-0.15, -0.1) is 0 Å². The van der Waals surface area contributed by atoms with Crippen molar-refractivity contribution in [2.45, 2.75) is 26.3 Å². The molecule has 1 atom stereocenters. The Morgan fingerprint density at radius 3 is 2.48 bits per heavy atom. The van der Waals surface area contributed by atoms with Crippen LogP contribution in [0.25, 0.3) is 0 Å². The van der Waals surface area contributed by atoms with Crippen molar-refractivity contribution in [3.63, 3.8) is 0 Å². The third-order valence-corrected chi connectivity index (χ3v) is 3.03. The molecule has 0 aliphatic carbocycles. The number of nitro groups is 1. The fourth-order valence-electron chi connectivity index (χ4n) is 1.73. The van der Waals surface area contributed by atoms with Crippen LogP contribution in [0.5, 0.6) is 0 Å². The average Bonchev–Trinajstić information content (AvgIpc) is 2.36. The van der Waals surface area contributed by atoms with Gasteiger partial charge in [-0.05, 0) is 18.4 Å². The second-order valence-corrected chi connectivity index (χ2v) is 5.32. The topological polar surface area (TPSA) is 110 Å². The highest BCUT2D eigenvalue weighted by Gasteiger charge is 2.23. The van der Waals surface area contributed by atoms with E-state index < -0.39 is 22.8 Å². The smallest absolute Gasteiger partial charge is 0.326 e. The monoisotopic (exact) mass is 314 g/mol. The van der Waals surface area contributed by atoms with Crippen molar-refractivity contribution >= 4 is 29.2 Å². The first-order valence-corrected chi connectivity index (χ1v) is 6.57. The standard InChI is InChI=1S/C13H15ClN2O5/c1-7(2)5-11(13(18)19)15-12(17)9-4-3-8(16(20)21)6-10(9)14/h3-4,6-7,11H,5H2,1-2H3,(H,15,17)(H,18,19)/t11-/m1/s1. The Labute approximate surface area is 126 Å². The third-order valence-electron chi connectivity index (χ3n) is 2.72. The zero-order valence-electron chi connectivity index (χ0n) is 11.5. The van der Waals surface area contributed by atoms with Crippen molar-refractivity contribution in [1.82, 2.24) is 5.32 Å². The zero-order valence-corrected chi connectivity index (χ0v) is 12.3. The normalized spacial score (nSPS) is 12.0. The Kier molecular flexibility index (Phi) is 5.66. The first-order valence-electron chi connectivity index (χ1n) is 6.20. The maximum atomic E-state index is 12.0. The Morgan fingerprint density at radius 2 is 2.05 bits per heavy atom. The van der Waals surface area contributed by atoms with E-state index >= 15 is 0 Å². The fraction of sp³-hybridized carbons (Fsp3) is 0.385. The number of amides is 1. The van der Waals surface area contributed by atoms with Gasteiger partial charge in [-0.25, -0.2) is 4.79 Å². The van der Waals surface area contributed by atoms with E-state index in [4.69, 9.17) is 16.7 Å². The highest BCUT2D eigenvalue weighted by molar-refractivity contribution is 6.34. The van der Waals surface area contributed by atoms with E-state index in [0.29, 0.717) is 0 Å². The summed E-state index contributed by atoms with van der Waals surface area (Å²) in [4.78, 5) is 33.1. The molecular weight excluding hydrogens is 300 g/mol. The predicted molar refractivity (Wildman–Crippen MR) is 76.5 cm³/mol. The summed E-state index contributed by atoms with van der Waals surface area (Å²) in [5.74, 6) is -1.74. The maximum absolute atomic E-state index is 12.0. The lowest BCUT2D eigenvalue weighted by molar-refractivity contribution is -0.384. The van der Waals surface area contributed by atoms with Crippen molar-refractivity contribution in [2.75, 3.05) is 0 Å². The number of halogens is 1. The highest BCUT2D eigenvalue weighted by atomic mass is 35.5. The molecule has 0 fully saturated rings. The van der Waals surface area contributed by atoms with Crippen molar-refractivity contribution in [3.8, 4) is 0 Å². The van der Waals surface area contributed by atoms with Crippen LogP contribution in [0.4, 0.5) is 5.69 Å². The van der Waals surface area contributed by atoms with Crippen LogP contribution in [-0.2, 0) is 4.79 Å². The number of hydrogen-bond donors (Lipinski definition) is 2. The molecule has 1 aromatic rings. The van der Waals surface area contributed by atoms with Gasteiger partial charge in [-0.2, -0.15) is 0 Å². The van der Waals surface area contributed by atoms with Gasteiger partial charge in [0.1, 0.15) is 6.04 Å². The van der Waals surface area contributed by atoms with E-state index in [1.165, 1.54) is 6.07 Å². The van der Waals surface area contributed by atoms with Gasteiger partial charge in [-0.1, -0.05) is 25.4 Å². The van der Waals surface area contributed by atoms with E-state index in [9.17, 15) is 19.7 Å². The van der Waals surface area contributed by atoms with Crippen LogP contribution in [0.15, 0.2) is 18.2 Å². The Hall–Kier alpha value is -2.15. The molecule has 0 saturated heterocycles. The number of benzene rings is 1. The summed E-state index contributed by atoms with van der Waals surface area (Å²) in [5.41, 5.74) is -0.245. The van der Waals surface area contributed by atoms with Crippen molar-refractivity contribution in [1.29, 1.82) is 0 Å². The summed E-state index contributed by atoms with van der Waals surface area (Å²) >= 11 is 5.82. The number of hydrogen-bond acceptors (Lipinski definition) is 4. The Bertz CT molecular complexity index is 574. The summed E-state index contributed by atoms with van der Waals surface area (Å²) in [6.07, 6.45) is 0.270. The van der Waals surface area contributed by atoms with Crippen molar-refractivity contribution in [3.05, 3.63) is 38.9 Å². The summed E-state index contributed by atoms with van der Waals surface area (Å²) in [7, 11) is 0. The number of nitrogens with one attached hydrogen (secondary N) is 1. The number of aliphatic carboxylic acids is 1. The number of carbonyl (C=O) groups excluding carboxylic acids is 1. The molecule has 1 aromatic carbocycles. The van der Waals surface area contributed by atoms with E-state index in [2.05, 4.69) is 5.32 Å². The van der Waals surface area contributed by atoms with Crippen LogP contribution < -0.4 is 5.32 Å². The van der Waals surface area contributed by atoms with Crippen molar-refractivity contribution < 1.29 is 19.6 Å². The van der Waals surface area contributed by atoms with Gasteiger partial charge >= 0.3 is 5.97 Å². The molecule has 0 aliphatic rings. The highest BCUT2D eigenvalue weighted by Crippen LogP contribution is 2.22. The lowest BCUT2D eigenvalue weighted by atomic mass is 10.0. The molecule has 0 aromatic heterocycles. The van der Waals surface area contributed by atoms with E-state index in [1.807, 2.05) is 13.8 Å². The van der Waals surface area contributed by atoms with Crippen LogP contribution in [0, 0.1) is 16.0 Å². The van der Waals surface area contributed by atoms with Crippen LogP contribution in [-0.4, -0.2) is 27.9 Å². The average molecular weight is 315 g/mol. The predicted octanol–water partition coefficient (Wildman–Crippen LogP) is 2.48. The molecule has 0 saturated carbocycles. The van der Waals surface area contributed by atoms with Gasteiger partial charge in [0.2, 0.25) is 0 Å². The molecule has 21 heavy (non-hydrogen) atoms. The van der Waals surface area contributed by atoms with E-state index in [-0.39, 0.29) is 28.6 Å². The fourth-order valence-corrected chi connectivity index (χ4v) is 1.99. The minimum atomic E-state index is -1.14. The molecule has 0 aliphatic heterocycles. The molecule has 0 unspecified atom stereocenters. The van der Waals surface area contributed by atoms with Gasteiger partial charge in [0, 0.05) is 12.1 Å². The minimum absolute atomic E-state index is 0.00253. The van der Waals surface area contributed by atoms with E-state index in [1.54, 1.807) is 0 Å². The second kappa shape index (κ2) is 7.03. The Morgan fingerprint density at radius 1 is 1.43 bits per heavy atom. The van der Waals surface area contributed by atoms with Crippen LogP contribution in [0.3, 0.4) is 0 Å². The SMILES string of the molecule is CC(C)C[C@@H](NC(=O)c1ccc([N+](=O)[O-])cc1Cl)C(=O)O. The van der Waals surface area contributed by atoms with Crippen LogP contribution >= 0.6 is 11.6 Å². The number of non-ortho nitro benzene ring substituents is 1. The summed E-state index contributed by atoms with van der Waals surface area (Å²) in [5, 5.41) is 21.9. The molecule has 0 bridgehead atoms. The Balaban J connectivity index is 2.92. The molecule has 2 N–H and O–H groups in total. The lowest BCUT2D eigenvalue weighted by Gasteiger charge is -2.16. The van der Waals surface area contributed by atoms with Gasteiger partial charge < -0.3 is 10.4 Å². The van der Waals surface area contributed by atoms with Crippen LogP contribution in [0.1, 0.15) is 30.6 Å². The molecule has 8 heteroatoms. The molecule has 1 rings (SSSR count). The number of nitro benzene ring substituents is 1. The summed E-state index contributed by atoms with van der Waals surface area (Å²) in [6.45, 7) is 3.67. The van der Waals surface area contributed by atoms with Crippen LogP contribution in [0.2, 0.25) is 5.02 Å². The number of nitrogens with zero attached hydrogens (tertiary/aromatic N) is 1.